The molecule has 1 unspecified atom stereocenters. The number of hydrogen-bond donors (Lipinski definition) is 1. The van der Waals surface area contributed by atoms with E-state index < -0.39 is 6.10 Å². The van der Waals surface area contributed by atoms with Crippen molar-refractivity contribution >= 4 is 46.4 Å². The summed E-state index contributed by atoms with van der Waals surface area (Å²) >= 11 is 11.8. The molecule has 7 heteroatoms. The predicted octanol–water partition coefficient (Wildman–Crippen LogP) is 4.05. The monoisotopic (exact) mass is 378 g/mol. The molecule has 1 heterocycles. The van der Waals surface area contributed by atoms with E-state index in [-0.39, 0.29) is 18.4 Å². The molecule has 25 heavy (non-hydrogen) atoms. The summed E-state index contributed by atoms with van der Waals surface area (Å²) in [5.74, 6) is -0.0179. The Hall–Kier alpha value is -2.24. The third-order valence-corrected chi connectivity index (χ3v) is 4.57. The molecule has 5 nitrogen and oxygen atoms in total. The van der Waals surface area contributed by atoms with E-state index in [2.05, 4.69) is 5.32 Å². The third-order valence-electron chi connectivity index (χ3n) is 3.83. The largest absolute Gasteiger partial charge is 0.479 e. The van der Waals surface area contributed by atoms with E-state index in [0.717, 1.165) is 5.56 Å². The van der Waals surface area contributed by atoms with Gasteiger partial charge >= 0.3 is 0 Å². The fraction of sp³-hybridized carbons (Fsp3) is 0.222. The minimum atomic E-state index is -0.645. The van der Waals surface area contributed by atoms with Crippen molar-refractivity contribution in [2.45, 2.75) is 20.0 Å². The van der Waals surface area contributed by atoms with Gasteiger partial charge in [0.05, 0.1) is 15.7 Å². The molecule has 0 bridgehead atoms. The quantitative estimate of drug-likeness (QED) is 0.875. The van der Waals surface area contributed by atoms with Gasteiger partial charge in [0, 0.05) is 5.69 Å². The van der Waals surface area contributed by atoms with Crippen molar-refractivity contribution in [1.29, 1.82) is 0 Å². The maximum atomic E-state index is 12.5. The lowest BCUT2D eigenvalue weighted by Gasteiger charge is -2.32. The first-order valence-electron chi connectivity index (χ1n) is 7.69. The maximum Gasteiger partial charge on any atom is 0.268 e. The molecule has 1 aliphatic rings. The van der Waals surface area contributed by atoms with Crippen LogP contribution in [0, 0.1) is 6.92 Å². The second kappa shape index (κ2) is 6.94. The van der Waals surface area contributed by atoms with Crippen LogP contribution in [0.3, 0.4) is 0 Å². The first kappa shape index (κ1) is 17.6. The smallest absolute Gasteiger partial charge is 0.268 e. The highest BCUT2D eigenvalue weighted by Crippen LogP contribution is 2.34. The van der Waals surface area contributed by atoms with Gasteiger partial charge in [-0.15, -0.1) is 0 Å². The molecule has 0 aromatic heterocycles. The number of nitrogens with one attached hydrogen (secondary N) is 1. The lowest BCUT2D eigenvalue weighted by atomic mass is 10.1. The number of ether oxygens (including phenoxy) is 1. The van der Waals surface area contributed by atoms with Gasteiger partial charge in [-0.2, -0.15) is 0 Å². The second-order valence-electron chi connectivity index (χ2n) is 5.83. The van der Waals surface area contributed by atoms with Crippen LogP contribution in [-0.2, 0) is 9.59 Å². The van der Waals surface area contributed by atoms with E-state index in [1.54, 1.807) is 31.2 Å². The highest BCUT2D eigenvalue weighted by Gasteiger charge is 2.32. The summed E-state index contributed by atoms with van der Waals surface area (Å²) in [4.78, 5) is 26.3. The molecule has 130 valence electrons. The van der Waals surface area contributed by atoms with Crippen molar-refractivity contribution in [2.75, 3.05) is 16.8 Å². The van der Waals surface area contributed by atoms with Gasteiger partial charge in [-0.1, -0.05) is 29.3 Å². The normalized spacial score (nSPS) is 16.2. The number of rotatable bonds is 3. The van der Waals surface area contributed by atoms with E-state index in [1.807, 2.05) is 19.1 Å². The van der Waals surface area contributed by atoms with Crippen molar-refractivity contribution in [3.8, 4) is 5.75 Å². The van der Waals surface area contributed by atoms with Crippen LogP contribution in [0.25, 0.3) is 0 Å². The Morgan fingerprint density at radius 2 is 1.96 bits per heavy atom. The van der Waals surface area contributed by atoms with Gasteiger partial charge in [-0.05, 0) is 49.7 Å². The number of nitrogens with zero attached hydrogens (tertiary/aromatic N) is 1. The fourth-order valence-electron chi connectivity index (χ4n) is 2.60. The Bertz CT molecular complexity index is 854. The van der Waals surface area contributed by atoms with Gasteiger partial charge in [0.15, 0.2) is 6.10 Å². The molecule has 1 N–H and O–H groups in total. The highest BCUT2D eigenvalue weighted by atomic mass is 35.5. The summed E-state index contributed by atoms with van der Waals surface area (Å²) in [5.41, 5.74) is 2.07. The Balaban J connectivity index is 1.81. The first-order chi connectivity index (χ1) is 11.8. The number of hydrogen-bond acceptors (Lipinski definition) is 3. The molecule has 2 aromatic carbocycles. The van der Waals surface area contributed by atoms with Crippen molar-refractivity contribution < 1.29 is 14.3 Å². The van der Waals surface area contributed by atoms with E-state index in [0.29, 0.717) is 27.2 Å². The number of aryl methyl sites for hydroxylation is 1. The van der Waals surface area contributed by atoms with Gasteiger partial charge in [0.1, 0.15) is 12.3 Å². The highest BCUT2D eigenvalue weighted by molar-refractivity contribution is 6.42. The number of fused-ring (bicyclic) bond motifs is 1. The molecule has 1 aliphatic heterocycles. The van der Waals surface area contributed by atoms with Gasteiger partial charge in [-0.25, -0.2) is 0 Å². The van der Waals surface area contributed by atoms with Crippen LogP contribution >= 0.6 is 23.2 Å². The Morgan fingerprint density at radius 3 is 2.68 bits per heavy atom. The second-order valence-corrected chi connectivity index (χ2v) is 6.65. The topological polar surface area (TPSA) is 58.6 Å². The molecule has 0 spiro atoms. The lowest BCUT2D eigenvalue weighted by Crippen LogP contribution is -2.47. The van der Waals surface area contributed by atoms with Crippen molar-refractivity contribution in [2.24, 2.45) is 0 Å². The zero-order valence-corrected chi connectivity index (χ0v) is 15.2. The van der Waals surface area contributed by atoms with Gasteiger partial charge < -0.3 is 10.1 Å². The molecule has 0 radical (unpaired) electrons. The van der Waals surface area contributed by atoms with Crippen LogP contribution in [0.4, 0.5) is 11.4 Å². The van der Waals surface area contributed by atoms with Crippen LogP contribution in [-0.4, -0.2) is 24.5 Å². The lowest BCUT2D eigenvalue weighted by molar-refractivity contribution is -0.127. The number of carbonyl (C=O) groups excluding carboxylic acids is 2. The maximum absolute atomic E-state index is 12.5. The number of halogens is 2. The van der Waals surface area contributed by atoms with Crippen molar-refractivity contribution in [3.63, 3.8) is 0 Å². The fourth-order valence-corrected chi connectivity index (χ4v) is 2.90. The molecular weight excluding hydrogens is 363 g/mol. The third kappa shape index (κ3) is 3.72. The molecule has 0 aliphatic carbocycles. The molecule has 2 amide bonds. The number of amides is 2. The number of anilines is 2. The van der Waals surface area contributed by atoms with E-state index in [4.69, 9.17) is 27.9 Å². The van der Waals surface area contributed by atoms with E-state index >= 15 is 0 Å². The van der Waals surface area contributed by atoms with Gasteiger partial charge in [-0.3, -0.25) is 14.5 Å². The van der Waals surface area contributed by atoms with Crippen LogP contribution in [0.1, 0.15) is 12.5 Å². The minimum absolute atomic E-state index is 0.122. The average Bonchev–Trinajstić information content (AvgIpc) is 2.56. The summed E-state index contributed by atoms with van der Waals surface area (Å²) in [6.45, 7) is 3.45. The molecule has 0 saturated carbocycles. The molecule has 1 atom stereocenters. The summed E-state index contributed by atoms with van der Waals surface area (Å²) in [6, 6.07) is 10.3. The SMILES string of the molecule is Cc1ccc2c(c1)N(CC(=O)Nc1ccc(Cl)c(Cl)c1)C(=O)C(C)O2. The van der Waals surface area contributed by atoms with E-state index in [9.17, 15) is 9.59 Å². The summed E-state index contributed by atoms with van der Waals surface area (Å²) in [5, 5.41) is 3.47. The van der Waals surface area contributed by atoms with Gasteiger partial charge in [0.2, 0.25) is 5.91 Å². The average molecular weight is 379 g/mol. The minimum Gasteiger partial charge on any atom is -0.479 e. The Labute approximate surface area is 155 Å². The van der Waals surface area contributed by atoms with Crippen molar-refractivity contribution in [3.05, 3.63) is 52.0 Å². The standard InChI is InChI=1S/C18H16Cl2N2O3/c1-10-3-6-16-15(7-10)22(18(24)11(2)25-16)9-17(23)21-12-4-5-13(19)14(20)8-12/h3-8,11H,9H2,1-2H3,(H,21,23). The van der Waals surface area contributed by atoms with Gasteiger partial charge in [0.25, 0.3) is 5.91 Å². The van der Waals surface area contributed by atoms with Crippen LogP contribution in [0.5, 0.6) is 5.75 Å². The van der Waals surface area contributed by atoms with Crippen molar-refractivity contribution in [1.82, 2.24) is 0 Å². The van der Waals surface area contributed by atoms with Crippen LogP contribution in [0.15, 0.2) is 36.4 Å². The molecule has 3 rings (SSSR count). The van der Waals surface area contributed by atoms with Crippen LogP contribution < -0.4 is 15.0 Å². The molecule has 2 aromatic rings. The van der Waals surface area contributed by atoms with Crippen LogP contribution in [0.2, 0.25) is 10.0 Å². The number of carbonyl (C=O) groups is 2. The Morgan fingerprint density at radius 1 is 1.20 bits per heavy atom. The predicted molar refractivity (Wildman–Crippen MR) is 98.7 cm³/mol. The van der Waals surface area contributed by atoms with E-state index in [1.165, 1.54) is 4.90 Å². The summed E-state index contributed by atoms with van der Waals surface area (Å²) in [7, 11) is 0. The zero-order chi connectivity index (χ0) is 18.1. The molecular formula is C18H16Cl2N2O3. The molecule has 0 fully saturated rings. The summed E-state index contributed by atoms with van der Waals surface area (Å²) < 4.78 is 5.60. The molecule has 0 saturated heterocycles. The first-order valence-corrected chi connectivity index (χ1v) is 8.44. The Kier molecular flexibility index (Phi) is 4.88. The number of benzene rings is 2. The summed E-state index contributed by atoms with van der Waals surface area (Å²) in [6.07, 6.45) is -0.645. The zero-order valence-electron chi connectivity index (χ0n) is 13.7.